The largest absolute Gasteiger partial charge is 0.490 e. The molecule has 4 rings (SSSR count). The van der Waals surface area contributed by atoms with Crippen molar-refractivity contribution in [3.8, 4) is 0 Å². The van der Waals surface area contributed by atoms with Crippen molar-refractivity contribution >= 4 is 29.2 Å². The summed E-state index contributed by atoms with van der Waals surface area (Å²) in [6.45, 7) is 6.89. The van der Waals surface area contributed by atoms with Gasteiger partial charge in [-0.25, -0.2) is 9.59 Å². The smallest absolute Gasteiger partial charge is 0.475 e. The first kappa shape index (κ1) is 31.0. The Morgan fingerprint density at radius 1 is 0.947 bits per heavy atom. The molecule has 2 N–H and O–H groups in total. The van der Waals surface area contributed by atoms with Gasteiger partial charge < -0.3 is 15.1 Å². The Labute approximate surface area is 217 Å². The number of halogens is 6. The van der Waals surface area contributed by atoms with Crippen LogP contribution >= 0.6 is 11.3 Å². The number of amides is 1. The second-order valence-electron chi connectivity index (χ2n) is 8.49. The number of likely N-dealkylation sites (tertiary alicyclic amines) is 2. The number of thiophene rings is 1. The lowest BCUT2D eigenvalue weighted by Gasteiger charge is -2.25. The lowest BCUT2D eigenvalue weighted by molar-refractivity contribution is -0.193. The summed E-state index contributed by atoms with van der Waals surface area (Å²) in [4.78, 5) is 40.9. The van der Waals surface area contributed by atoms with Gasteiger partial charge in [0.05, 0.1) is 10.6 Å². The molecular weight excluding hydrogens is 544 g/mol. The maximum Gasteiger partial charge on any atom is 0.490 e. The van der Waals surface area contributed by atoms with Gasteiger partial charge in [-0.1, -0.05) is 6.07 Å². The first-order chi connectivity index (χ1) is 17.5. The molecule has 38 heavy (non-hydrogen) atoms. The summed E-state index contributed by atoms with van der Waals surface area (Å²) >= 11 is 1.57. The van der Waals surface area contributed by atoms with Gasteiger partial charge in [-0.15, -0.1) is 11.3 Å². The van der Waals surface area contributed by atoms with E-state index in [1.165, 1.54) is 0 Å². The van der Waals surface area contributed by atoms with Crippen LogP contribution in [0.5, 0.6) is 0 Å². The van der Waals surface area contributed by atoms with E-state index in [1.54, 1.807) is 11.3 Å². The summed E-state index contributed by atoms with van der Waals surface area (Å²) in [5, 5.41) is 16.3. The maximum absolute atomic E-state index is 12.9. The topological polar surface area (TPSA) is 111 Å². The van der Waals surface area contributed by atoms with Crippen LogP contribution in [0.25, 0.3) is 0 Å². The number of aryl methyl sites for hydroxylation is 2. The fourth-order valence-electron chi connectivity index (χ4n) is 4.14. The predicted octanol–water partition coefficient (Wildman–Crippen LogP) is 4.52. The molecule has 15 heteroatoms. The Bertz CT molecular complexity index is 1110. The predicted molar refractivity (Wildman–Crippen MR) is 124 cm³/mol. The fraction of sp³-hybridized carbons (Fsp3) is 0.478. The molecule has 2 aromatic rings. The van der Waals surface area contributed by atoms with Gasteiger partial charge >= 0.3 is 24.3 Å². The van der Waals surface area contributed by atoms with Crippen LogP contribution in [-0.4, -0.2) is 80.4 Å². The first-order valence-corrected chi connectivity index (χ1v) is 12.0. The maximum atomic E-state index is 12.9. The number of hydrogen-bond donors (Lipinski definition) is 2. The zero-order valence-electron chi connectivity index (χ0n) is 20.2. The van der Waals surface area contributed by atoms with Crippen molar-refractivity contribution in [1.82, 2.24) is 14.8 Å². The van der Waals surface area contributed by atoms with Crippen molar-refractivity contribution in [2.24, 2.45) is 0 Å². The lowest BCUT2D eigenvalue weighted by atomic mass is 10.1. The highest BCUT2D eigenvalue weighted by Gasteiger charge is 2.45. The molecule has 2 aliphatic rings. The molecule has 0 aromatic carbocycles. The minimum atomic E-state index is -5.08. The van der Waals surface area contributed by atoms with E-state index in [0.717, 1.165) is 54.3 Å². The molecule has 2 saturated heterocycles. The monoisotopic (exact) mass is 569 g/mol. The highest BCUT2D eigenvalue weighted by molar-refractivity contribution is 7.12. The third-order valence-electron chi connectivity index (χ3n) is 5.80. The highest BCUT2D eigenvalue weighted by Crippen LogP contribution is 2.34. The Hall–Kier alpha value is -3.20. The Balaban J connectivity index is 0.000000301. The standard InChI is InChI=1S/C19H23N3OS.2C2HF3O2/c1-13-8-11-24-18(13)19(23)22-10-7-16-17(22)6-9-21(16)12-15-5-3-4-14(2)20-15;2*3-2(4,5)1(6)7/h3-5,8,11,16-17H,6-7,9-10,12H2,1-2H3;2*(H,6,7)/t16-,17+;;/m0../s1. The molecular formula is C23H25F6N3O5S. The number of carboxylic acids is 2. The summed E-state index contributed by atoms with van der Waals surface area (Å²) in [6, 6.07) is 9.11. The molecule has 210 valence electrons. The molecule has 8 nitrogen and oxygen atoms in total. The third kappa shape index (κ3) is 8.41. The quantitative estimate of drug-likeness (QED) is 0.523. The molecule has 2 aliphatic heterocycles. The second-order valence-corrected chi connectivity index (χ2v) is 9.41. The van der Waals surface area contributed by atoms with Crippen LogP contribution in [0.1, 0.15) is 39.5 Å². The SMILES string of the molecule is Cc1cccc(CN2CC[C@@H]3[C@@H]2CCN3C(=O)c2sccc2C)n1.O=C(O)C(F)(F)F.O=C(O)C(F)(F)F. The Kier molecular flexibility index (Phi) is 10.3. The van der Waals surface area contributed by atoms with Gasteiger partial charge in [0.1, 0.15) is 0 Å². The molecule has 2 atom stereocenters. The Morgan fingerprint density at radius 3 is 1.97 bits per heavy atom. The van der Waals surface area contributed by atoms with E-state index >= 15 is 0 Å². The minimum absolute atomic E-state index is 0.227. The number of carbonyl (C=O) groups is 3. The molecule has 4 heterocycles. The molecule has 2 aromatic heterocycles. The molecule has 0 spiro atoms. The number of alkyl halides is 6. The van der Waals surface area contributed by atoms with Gasteiger partial charge in [0.2, 0.25) is 0 Å². The van der Waals surface area contributed by atoms with Crippen LogP contribution in [0.2, 0.25) is 0 Å². The number of aliphatic carboxylic acids is 2. The number of carbonyl (C=O) groups excluding carboxylic acids is 1. The normalized spacial score (nSPS) is 19.1. The molecule has 0 aliphatic carbocycles. The first-order valence-electron chi connectivity index (χ1n) is 11.1. The minimum Gasteiger partial charge on any atom is -0.475 e. The van der Waals surface area contributed by atoms with E-state index < -0.39 is 24.3 Å². The number of rotatable bonds is 3. The molecule has 0 radical (unpaired) electrons. The number of fused-ring (bicyclic) bond motifs is 1. The molecule has 0 saturated carbocycles. The number of carboxylic acid groups (broad SMARTS) is 2. The van der Waals surface area contributed by atoms with Crippen molar-refractivity contribution in [1.29, 1.82) is 0 Å². The van der Waals surface area contributed by atoms with Crippen LogP contribution in [0.3, 0.4) is 0 Å². The van der Waals surface area contributed by atoms with Gasteiger partial charge in [-0.05, 0) is 55.8 Å². The number of hydrogen-bond acceptors (Lipinski definition) is 6. The van der Waals surface area contributed by atoms with Crippen LogP contribution < -0.4 is 0 Å². The van der Waals surface area contributed by atoms with E-state index in [2.05, 4.69) is 26.9 Å². The van der Waals surface area contributed by atoms with E-state index in [1.807, 2.05) is 31.4 Å². The van der Waals surface area contributed by atoms with E-state index in [4.69, 9.17) is 19.8 Å². The van der Waals surface area contributed by atoms with Crippen LogP contribution in [0, 0.1) is 13.8 Å². The fourth-order valence-corrected chi connectivity index (χ4v) is 5.02. The van der Waals surface area contributed by atoms with Crippen molar-refractivity contribution in [2.75, 3.05) is 13.1 Å². The Morgan fingerprint density at radius 2 is 1.50 bits per heavy atom. The van der Waals surface area contributed by atoms with Gasteiger partial charge in [0.25, 0.3) is 5.91 Å². The summed E-state index contributed by atoms with van der Waals surface area (Å²) < 4.78 is 63.5. The third-order valence-corrected chi connectivity index (χ3v) is 6.81. The van der Waals surface area contributed by atoms with Crippen molar-refractivity contribution in [3.05, 3.63) is 51.5 Å². The average molecular weight is 570 g/mol. The van der Waals surface area contributed by atoms with Crippen molar-refractivity contribution < 1.29 is 50.9 Å². The van der Waals surface area contributed by atoms with Crippen LogP contribution in [0.15, 0.2) is 29.6 Å². The van der Waals surface area contributed by atoms with Gasteiger partial charge in [0, 0.05) is 37.4 Å². The second kappa shape index (κ2) is 12.6. The average Bonchev–Trinajstić information content (AvgIpc) is 3.51. The number of nitrogens with zero attached hydrogens (tertiary/aromatic N) is 3. The van der Waals surface area contributed by atoms with Crippen LogP contribution in [0.4, 0.5) is 26.3 Å². The molecule has 1 amide bonds. The van der Waals surface area contributed by atoms with Crippen molar-refractivity contribution in [3.63, 3.8) is 0 Å². The van der Waals surface area contributed by atoms with Crippen molar-refractivity contribution in [2.45, 2.75) is 57.7 Å². The lowest BCUT2D eigenvalue weighted by Crippen LogP contribution is -2.39. The number of aromatic nitrogens is 1. The van der Waals surface area contributed by atoms with E-state index in [-0.39, 0.29) is 5.91 Å². The van der Waals surface area contributed by atoms with E-state index in [9.17, 15) is 31.1 Å². The van der Waals surface area contributed by atoms with Gasteiger partial charge in [-0.3, -0.25) is 14.7 Å². The van der Waals surface area contributed by atoms with Gasteiger partial charge in [0.15, 0.2) is 0 Å². The molecule has 2 fully saturated rings. The zero-order valence-corrected chi connectivity index (χ0v) is 21.0. The molecule has 0 unspecified atom stereocenters. The summed E-state index contributed by atoms with van der Waals surface area (Å²) in [5.41, 5.74) is 3.31. The summed E-state index contributed by atoms with van der Waals surface area (Å²) in [6.07, 6.45) is -8.01. The van der Waals surface area contributed by atoms with Gasteiger partial charge in [-0.2, -0.15) is 26.3 Å². The van der Waals surface area contributed by atoms with E-state index in [0.29, 0.717) is 12.1 Å². The van der Waals surface area contributed by atoms with Crippen LogP contribution in [-0.2, 0) is 16.1 Å². The zero-order chi connectivity index (χ0) is 28.8. The summed E-state index contributed by atoms with van der Waals surface area (Å²) in [5.74, 6) is -5.29. The number of pyridine rings is 1. The highest BCUT2D eigenvalue weighted by atomic mass is 32.1. The summed E-state index contributed by atoms with van der Waals surface area (Å²) in [7, 11) is 0. The molecule has 0 bridgehead atoms.